The summed E-state index contributed by atoms with van der Waals surface area (Å²) < 4.78 is 5.25. The summed E-state index contributed by atoms with van der Waals surface area (Å²) in [5.74, 6) is 0.0374. The molecule has 2 amide bonds. The third kappa shape index (κ3) is 2.72. The average Bonchev–Trinajstić information content (AvgIpc) is 2.87. The van der Waals surface area contributed by atoms with Crippen LogP contribution in [0.1, 0.15) is 12.8 Å². The van der Waals surface area contributed by atoms with Crippen LogP contribution in [0.25, 0.3) is 0 Å². The van der Waals surface area contributed by atoms with E-state index < -0.39 is 12.0 Å². The lowest BCUT2D eigenvalue weighted by Crippen LogP contribution is -2.51. The first-order valence-electron chi connectivity index (χ1n) is 6.02. The van der Waals surface area contributed by atoms with Crippen molar-refractivity contribution in [3.8, 4) is 0 Å². The zero-order valence-corrected chi connectivity index (χ0v) is 11.2. The number of ether oxygens (including phenoxy) is 1. The second-order valence-electron chi connectivity index (χ2n) is 4.53. The summed E-state index contributed by atoms with van der Waals surface area (Å²) in [6.07, 6.45) is 1.86. The normalized spacial score (nSPS) is 25.5. The second-order valence-corrected chi connectivity index (χ2v) is 5.53. The van der Waals surface area contributed by atoms with Crippen molar-refractivity contribution in [1.29, 1.82) is 0 Å². The molecule has 0 spiro atoms. The Kier molecular flexibility index (Phi) is 4.34. The summed E-state index contributed by atoms with van der Waals surface area (Å²) in [4.78, 5) is 26.5. The van der Waals surface area contributed by atoms with Crippen LogP contribution >= 0.6 is 11.8 Å². The van der Waals surface area contributed by atoms with E-state index in [0.29, 0.717) is 24.7 Å². The fourth-order valence-electron chi connectivity index (χ4n) is 2.30. The number of likely N-dealkylation sites (tertiary alicyclic amines) is 1. The van der Waals surface area contributed by atoms with Crippen LogP contribution in [-0.2, 0) is 9.53 Å². The zero-order valence-electron chi connectivity index (χ0n) is 10.4. The van der Waals surface area contributed by atoms with Crippen LogP contribution in [0.5, 0.6) is 0 Å². The van der Waals surface area contributed by atoms with E-state index in [4.69, 9.17) is 9.84 Å². The third-order valence-electron chi connectivity index (χ3n) is 3.46. The number of carboxylic acids is 1. The van der Waals surface area contributed by atoms with E-state index in [-0.39, 0.29) is 12.1 Å². The monoisotopic (exact) mass is 274 g/mol. The fraction of sp³-hybridized carbons (Fsp3) is 0.818. The smallest absolute Gasteiger partial charge is 0.327 e. The van der Waals surface area contributed by atoms with Crippen molar-refractivity contribution in [3.05, 3.63) is 0 Å². The Labute approximate surface area is 110 Å². The van der Waals surface area contributed by atoms with E-state index in [1.165, 1.54) is 16.7 Å². The minimum atomic E-state index is -0.917. The number of rotatable bonds is 2. The molecule has 0 unspecified atom stereocenters. The van der Waals surface area contributed by atoms with E-state index >= 15 is 0 Å². The minimum absolute atomic E-state index is 0.151. The highest BCUT2D eigenvalue weighted by Crippen LogP contribution is 2.24. The van der Waals surface area contributed by atoms with Crippen LogP contribution < -0.4 is 0 Å². The van der Waals surface area contributed by atoms with Gasteiger partial charge in [0.1, 0.15) is 6.04 Å². The van der Waals surface area contributed by atoms with Crippen LogP contribution in [0.4, 0.5) is 4.79 Å². The number of carboxylic acid groups (broad SMARTS) is 1. The minimum Gasteiger partial charge on any atom is -0.480 e. The Morgan fingerprint density at radius 2 is 2.00 bits per heavy atom. The number of hydrogen-bond acceptors (Lipinski definition) is 4. The summed E-state index contributed by atoms with van der Waals surface area (Å²) in [5, 5.41) is 9.07. The first kappa shape index (κ1) is 13.5. The van der Waals surface area contributed by atoms with Gasteiger partial charge in [0.25, 0.3) is 0 Å². The summed E-state index contributed by atoms with van der Waals surface area (Å²) in [6, 6.07) is -0.829. The standard InChI is InChI=1S/C11H18N2O4S/c1-17-8-2-4-12(5-3-8)11(16)13-7-18-6-9(13)10(14)15/h8-9H,2-7H2,1H3,(H,14,15)/t9-/m0/s1. The topological polar surface area (TPSA) is 70.1 Å². The van der Waals surface area contributed by atoms with E-state index in [2.05, 4.69) is 0 Å². The molecule has 2 heterocycles. The number of hydrogen-bond donors (Lipinski definition) is 1. The van der Waals surface area contributed by atoms with Gasteiger partial charge in [-0.1, -0.05) is 0 Å². The van der Waals surface area contributed by atoms with Gasteiger partial charge in [-0.3, -0.25) is 0 Å². The van der Waals surface area contributed by atoms with E-state index in [1.54, 1.807) is 12.0 Å². The number of thioether (sulfide) groups is 1. The summed E-state index contributed by atoms with van der Waals surface area (Å²) in [6.45, 7) is 1.29. The molecule has 0 aliphatic carbocycles. The molecule has 0 aromatic heterocycles. The predicted molar refractivity (Wildman–Crippen MR) is 67.6 cm³/mol. The second kappa shape index (κ2) is 5.79. The van der Waals surface area contributed by atoms with Crippen LogP contribution in [0.3, 0.4) is 0 Å². The van der Waals surface area contributed by atoms with Crippen molar-refractivity contribution in [2.75, 3.05) is 31.8 Å². The Morgan fingerprint density at radius 3 is 2.56 bits per heavy atom. The molecule has 6 nitrogen and oxygen atoms in total. The quantitative estimate of drug-likeness (QED) is 0.801. The van der Waals surface area contributed by atoms with Crippen LogP contribution in [-0.4, -0.2) is 70.9 Å². The summed E-state index contributed by atoms with van der Waals surface area (Å²) in [5.41, 5.74) is 0. The van der Waals surface area contributed by atoms with Gasteiger partial charge in [0.05, 0.1) is 12.0 Å². The molecule has 7 heteroatoms. The van der Waals surface area contributed by atoms with Crippen LogP contribution in [0, 0.1) is 0 Å². The number of carbonyl (C=O) groups excluding carboxylic acids is 1. The van der Waals surface area contributed by atoms with Gasteiger partial charge in [-0.15, -0.1) is 11.8 Å². The van der Waals surface area contributed by atoms with E-state index in [0.717, 1.165) is 12.8 Å². The van der Waals surface area contributed by atoms with Gasteiger partial charge in [-0.2, -0.15) is 0 Å². The van der Waals surface area contributed by atoms with Crippen molar-refractivity contribution in [1.82, 2.24) is 9.80 Å². The molecule has 0 aromatic rings. The molecule has 18 heavy (non-hydrogen) atoms. The number of nitrogens with zero attached hydrogens (tertiary/aromatic N) is 2. The van der Waals surface area contributed by atoms with Crippen molar-refractivity contribution < 1.29 is 19.4 Å². The number of methoxy groups -OCH3 is 1. The Morgan fingerprint density at radius 1 is 1.33 bits per heavy atom. The van der Waals surface area contributed by atoms with Crippen LogP contribution in [0.2, 0.25) is 0 Å². The maximum Gasteiger partial charge on any atom is 0.327 e. The highest BCUT2D eigenvalue weighted by molar-refractivity contribution is 7.99. The number of urea groups is 1. The van der Waals surface area contributed by atoms with Gasteiger partial charge in [-0.25, -0.2) is 9.59 Å². The number of amides is 2. The molecule has 0 saturated carbocycles. The first-order valence-corrected chi connectivity index (χ1v) is 7.18. The Balaban J connectivity index is 1.93. The maximum absolute atomic E-state index is 12.2. The Bertz CT molecular complexity index is 331. The lowest BCUT2D eigenvalue weighted by molar-refractivity contribution is -0.141. The highest BCUT2D eigenvalue weighted by Gasteiger charge is 2.37. The lowest BCUT2D eigenvalue weighted by Gasteiger charge is -2.34. The van der Waals surface area contributed by atoms with Crippen molar-refractivity contribution in [2.24, 2.45) is 0 Å². The van der Waals surface area contributed by atoms with E-state index in [1.807, 2.05) is 0 Å². The molecule has 2 fully saturated rings. The lowest BCUT2D eigenvalue weighted by atomic mass is 10.1. The molecule has 1 atom stereocenters. The first-order chi connectivity index (χ1) is 8.63. The van der Waals surface area contributed by atoms with E-state index in [9.17, 15) is 9.59 Å². The van der Waals surface area contributed by atoms with Gasteiger partial charge in [0, 0.05) is 26.0 Å². The van der Waals surface area contributed by atoms with Gasteiger partial charge in [0.15, 0.2) is 0 Å². The number of piperidine rings is 1. The molecule has 2 saturated heterocycles. The molecule has 2 aliphatic heterocycles. The highest BCUT2D eigenvalue weighted by atomic mass is 32.2. The fourth-order valence-corrected chi connectivity index (χ4v) is 3.44. The molecular formula is C11H18N2O4S. The molecular weight excluding hydrogens is 256 g/mol. The molecule has 2 aliphatic rings. The average molecular weight is 274 g/mol. The van der Waals surface area contributed by atoms with Crippen LogP contribution in [0.15, 0.2) is 0 Å². The van der Waals surface area contributed by atoms with Crippen molar-refractivity contribution in [2.45, 2.75) is 25.0 Å². The summed E-state index contributed by atoms with van der Waals surface area (Å²) in [7, 11) is 1.68. The maximum atomic E-state index is 12.2. The Hall–Kier alpha value is -0.950. The summed E-state index contributed by atoms with van der Waals surface area (Å²) >= 11 is 1.49. The van der Waals surface area contributed by atoms with Gasteiger partial charge < -0.3 is 19.6 Å². The van der Waals surface area contributed by atoms with Crippen molar-refractivity contribution in [3.63, 3.8) is 0 Å². The number of carbonyl (C=O) groups is 2. The molecule has 0 bridgehead atoms. The van der Waals surface area contributed by atoms with Crippen molar-refractivity contribution >= 4 is 23.8 Å². The number of aliphatic carboxylic acids is 1. The third-order valence-corrected chi connectivity index (χ3v) is 4.47. The predicted octanol–water partition coefficient (Wildman–Crippen LogP) is 0.677. The molecule has 102 valence electrons. The SMILES string of the molecule is COC1CCN(C(=O)N2CSC[C@H]2C(=O)O)CC1. The molecule has 2 rings (SSSR count). The van der Waals surface area contributed by atoms with Gasteiger partial charge in [-0.05, 0) is 12.8 Å². The largest absolute Gasteiger partial charge is 0.480 e. The zero-order chi connectivity index (χ0) is 13.1. The molecule has 1 N–H and O–H groups in total. The van der Waals surface area contributed by atoms with Gasteiger partial charge in [0.2, 0.25) is 0 Å². The van der Waals surface area contributed by atoms with Gasteiger partial charge >= 0.3 is 12.0 Å². The molecule has 0 aromatic carbocycles. The molecule has 0 radical (unpaired) electrons.